The van der Waals surface area contributed by atoms with Crippen LogP contribution in [0.2, 0.25) is 0 Å². The number of nitrogens with one attached hydrogen (secondary N) is 1. The minimum Gasteiger partial charge on any atom is -0.195 e. The SMILES string of the molecule is CN(Cc1csc(Br)c1)S(=O)(=O)NCC(F)(F)F. The van der Waals surface area contributed by atoms with Gasteiger partial charge in [0.25, 0.3) is 10.2 Å². The van der Waals surface area contributed by atoms with Crippen molar-refractivity contribution in [3.63, 3.8) is 0 Å². The van der Waals surface area contributed by atoms with E-state index in [9.17, 15) is 21.6 Å². The molecule has 0 atom stereocenters. The van der Waals surface area contributed by atoms with E-state index in [-0.39, 0.29) is 6.54 Å². The lowest BCUT2D eigenvalue weighted by molar-refractivity contribution is -0.121. The third-order valence-corrected chi connectivity index (χ3v) is 4.90. The molecule has 0 saturated heterocycles. The first-order valence-corrected chi connectivity index (χ1v) is 7.72. The Bertz CT molecular complexity index is 501. The molecule has 1 N–H and O–H groups in total. The molecule has 18 heavy (non-hydrogen) atoms. The largest absolute Gasteiger partial charge is 0.402 e. The van der Waals surface area contributed by atoms with Crippen molar-refractivity contribution in [2.75, 3.05) is 13.6 Å². The molecule has 0 aliphatic carbocycles. The van der Waals surface area contributed by atoms with Crippen LogP contribution in [0.25, 0.3) is 0 Å². The van der Waals surface area contributed by atoms with E-state index < -0.39 is 22.9 Å². The first-order chi connectivity index (χ1) is 8.10. The third kappa shape index (κ3) is 5.22. The average molecular weight is 367 g/mol. The van der Waals surface area contributed by atoms with Crippen LogP contribution in [-0.4, -0.2) is 32.5 Å². The molecule has 4 nitrogen and oxygen atoms in total. The quantitative estimate of drug-likeness (QED) is 0.869. The van der Waals surface area contributed by atoms with Crippen molar-refractivity contribution in [1.29, 1.82) is 0 Å². The number of alkyl halides is 3. The van der Waals surface area contributed by atoms with Crippen molar-refractivity contribution in [1.82, 2.24) is 9.03 Å². The van der Waals surface area contributed by atoms with Crippen molar-refractivity contribution < 1.29 is 21.6 Å². The second-order valence-corrected chi connectivity index (χ2v) is 7.61. The van der Waals surface area contributed by atoms with E-state index in [0.717, 1.165) is 8.09 Å². The highest BCUT2D eigenvalue weighted by atomic mass is 79.9. The molecular weight excluding hydrogens is 357 g/mol. The van der Waals surface area contributed by atoms with Crippen LogP contribution in [0.4, 0.5) is 13.2 Å². The number of thiophene rings is 1. The number of rotatable bonds is 5. The van der Waals surface area contributed by atoms with E-state index in [1.807, 2.05) is 0 Å². The zero-order chi connectivity index (χ0) is 14.0. The fraction of sp³-hybridized carbons (Fsp3) is 0.500. The number of hydrogen-bond acceptors (Lipinski definition) is 3. The van der Waals surface area contributed by atoms with Gasteiger partial charge in [0, 0.05) is 13.6 Å². The van der Waals surface area contributed by atoms with E-state index >= 15 is 0 Å². The molecule has 0 fully saturated rings. The molecule has 0 spiro atoms. The van der Waals surface area contributed by atoms with Crippen molar-refractivity contribution in [3.8, 4) is 0 Å². The molecule has 0 saturated carbocycles. The Morgan fingerprint density at radius 1 is 1.50 bits per heavy atom. The predicted molar refractivity (Wildman–Crippen MR) is 66.5 cm³/mol. The molecule has 0 aliphatic rings. The van der Waals surface area contributed by atoms with Crippen molar-refractivity contribution in [3.05, 3.63) is 20.8 Å². The Labute approximate surface area is 115 Å². The lowest BCUT2D eigenvalue weighted by Crippen LogP contribution is -2.42. The van der Waals surface area contributed by atoms with Crippen LogP contribution >= 0.6 is 27.3 Å². The van der Waals surface area contributed by atoms with Gasteiger partial charge < -0.3 is 0 Å². The lowest BCUT2D eigenvalue weighted by atomic mass is 10.3. The smallest absolute Gasteiger partial charge is 0.195 e. The fourth-order valence-corrected chi connectivity index (χ4v) is 3.14. The summed E-state index contributed by atoms with van der Waals surface area (Å²) in [6, 6.07) is 1.71. The van der Waals surface area contributed by atoms with E-state index in [1.54, 1.807) is 11.4 Å². The van der Waals surface area contributed by atoms with Gasteiger partial charge in [0.05, 0.1) is 3.79 Å². The maximum absolute atomic E-state index is 11.9. The third-order valence-electron chi connectivity index (χ3n) is 1.89. The van der Waals surface area contributed by atoms with Gasteiger partial charge in [-0.1, -0.05) is 0 Å². The van der Waals surface area contributed by atoms with Crippen molar-refractivity contribution in [2.24, 2.45) is 0 Å². The highest BCUT2D eigenvalue weighted by Crippen LogP contribution is 2.22. The van der Waals surface area contributed by atoms with E-state index in [0.29, 0.717) is 5.56 Å². The van der Waals surface area contributed by atoms with Crippen LogP contribution < -0.4 is 4.72 Å². The van der Waals surface area contributed by atoms with E-state index in [2.05, 4.69) is 15.9 Å². The van der Waals surface area contributed by atoms with E-state index in [4.69, 9.17) is 0 Å². The van der Waals surface area contributed by atoms with Gasteiger partial charge in [0.15, 0.2) is 0 Å². The summed E-state index contributed by atoms with van der Waals surface area (Å²) in [4.78, 5) is 0. The van der Waals surface area contributed by atoms with Crippen LogP contribution in [0.15, 0.2) is 15.2 Å². The molecule has 1 aromatic rings. The summed E-state index contributed by atoms with van der Waals surface area (Å²) in [5, 5.41) is 1.72. The first kappa shape index (κ1) is 15.9. The van der Waals surface area contributed by atoms with Crippen LogP contribution in [0.1, 0.15) is 5.56 Å². The van der Waals surface area contributed by atoms with Crippen molar-refractivity contribution in [2.45, 2.75) is 12.7 Å². The summed E-state index contributed by atoms with van der Waals surface area (Å²) in [7, 11) is -2.92. The molecular formula is C8H10BrF3N2O2S2. The summed E-state index contributed by atoms with van der Waals surface area (Å²) in [6.45, 7) is -1.57. The topological polar surface area (TPSA) is 49.4 Å². The molecule has 1 aromatic heterocycles. The van der Waals surface area contributed by atoms with Gasteiger partial charge in [0.1, 0.15) is 6.54 Å². The Morgan fingerprint density at radius 3 is 2.56 bits per heavy atom. The Kier molecular flexibility index (Phi) is 5.18. The highest BCUT2D eigenvalue weighted by Gasteiger charge is 2.30. The molecule has 0 aromatic carbocycles. The van der Waals surface area contributed by atoms with Crippen LogP contribution in [0.5, 0.6) is 0 Å². The monoisotopic (exact) mass is 366 g/mol. The van der Waals surface area contributed by atoms with Gasteiger partial charge in [-0.2, -0.15) is 30.6 Å². The number of hydrogen-bond donors (Lipinski definition) is 1. The fourth-order valence-electron chi connectivity index (χ4n) is 1.05. The minimum atomic E-state index is -4.57. The van der Waals surface area contributed by atoms with Gasteiger partial charge in [-0.15, -0.1) is 11.3 Å². The van der Waals surface area contributed by atoms with Crippen molar-refractivity contribution >= 4 is 37.5 Å². The highest BCUT2D eigenvalue weighted by molar-refractivity contribution is 9.11. The number of nitrogens with zero attached hydrogens (tertiary/aromatic N) is 1. The molecule has 1 heterocycles. The maximum atomic E-state index is 11.9. The summed E-state index contributed by atoms with van der Waals surface area (Å²) in [5.74, 6) is 0. The molecule has 0 radical (unpaired) electrons. The Morgan fingerprint density at radius 2 is 2.11 bits per heavy atom. The Balaban J connectivity index is 2.62. The summed E-state index contributed by atoms with van der Waals surface area (Å²) in [5.41, 5.74) is 0.701. The van der Waals surface area contributed by atoms with Gasteiger partial charge >= 0.3 is 6.18 Å². The Hall–Kier alpha value is -0.160. The van der Waals surface area contributed by atoms with Crippen LogP contribution in [-0.2, 0) is 16.8 Å². The van der Waals surface area contributed by atoms with E-state index in [1.165, 1.54) is 23.1 Å². The molecule has 1 rings (SSSR count). The summed E-state index contributed by atoms with van der Waals surface area (Å²) >= 11 is 4.58. The van der Waals surface area contributed by atoms with Gasteiger partial charge in [-0.05, 0) is 32.9 Å². The zero-order valence-corrected chi connectivity index (χ0v) is 12.4. The molecule has 104 valence electrons. The normalized spacial score (nSPS) is 13.2. The molecule has 10 heteroatoms. The van der Waals surface area contributed by atoms with Crippen LogP contribution in [0.3, 0.4) is 0 Å². The second-order valence-electron chi connectivity index (χ2n) is 3.46. The van der Waals surface area contributed by atoms with Gasteiger partial charge in [-0.25, -0.2) is 0 Å². The van der Waals surface area contributed by atoms with Crippen LogP contribution in [0, 0.1) is 0 Å². The maximum Gasteiger partial charge on any atom is 0.402 e. The van der Waals surface area contributed by atoms with Gasteiger partial charge in [-0.3, -0.25) is 0 Å². The summed E-state index contributed by atoms with van der Waals surface area (Å²) in [6.07, 6.45) is -4.57. The molecule has 0 bridgehead atoms. The van der Waals surface area contributed by atoms with Gasteiger partial charge in [0.2, 0.25) is 0 Å². The predicted octanol–water partition coefficient (Wildman–Crippen LogP) is 2.34. The summed E-state index contributed by atoms with van der Waals surface area (Å²) < 4.78 is 61.9. The number of halogens is 4. The lowest BCUT2D eigenvalue weighted by Gasteiger charge is -2.17. The average Bonchev–Trinajstić information content (AvgIpc) is 2.60. The minimum absolute atomic E-state index is 0.00922. The zero-order valence-electron chi connectivity index (χ0n) is 9.16. The molecule has 0 aliphatic heterocycles. The molecule has 0 amide bonds. The second kappa shape index (κ2) is 5.87. The molecule has 0 unspecified atom stereocenters. The standard InChI is InChI=1S/C8H10BrF3N2O2S2/c1-14(3-6-2-7(9)17-4-6)18(15,16)13-5-8(10,11)12/h2,4,13H,3,5H2,1H3. The first-order valence-electron chi connectivity index (χ1n) is 4.61.